The van der Waals surface area contributed by atoms with Gasteiger partial charge in [0, 0.05) is 12.1 Å². The normalized spacial score (nSPS) is 17.4. The number of carbonyl (C=O) groups excluding carboxylic acids is 1. The van der Waals surface area contributed by atoms with Gasteiger partial charge in [-0.1, -0.05) is 17.7 Å². The van der Waals surface area contributed by atoms with Crippen molar-refractivity contribution in [1.82, 2.24) is 5.32 Å². The molecule has 1 amide bonds. The van der Waals surface area contributed by atoms with Gasteiger partial charge in [-0.15, -0.1) is 0 Å². The number of carbonyl (C=O) groups is 1. The molecule has 0 aliphatic heterocycles. The lowest BCUT2D eigenvalue weighted by molar-refractivity contribution is 0.0926. The first-order valence-corrected chi connectivity index (χ1v) is 5.91. The zero-order valence-electron chi connectivity index (χ0n) is 9.30. The largest absolute Gasteiger partial charge is 0.350 e. The fourth-order valence-electron chi connectivity index (χ4n) is 1.87. The van der Waals surface area contributed by atoms with Crippen molar-refractivity contribution in [2.24, 2.45) is 5.73 Å². The van der Waals surface area contributed by atoms with Crippen LogP contribution in [0.1, 0.15) is 29.6 Å². The summed E-state index contributed by atoms with van der Waals surface area (Å²) >= 11 is 5.79. The second-order valence-corrected chi connectivity index (χ2v) is 4.90. The smallest absolute Gasteiger partial charge is 0.255 e. The van der Waals surface area contributed by atoms with Gasteiger partial charge in [0.05, 0.1) is 10.6 Å². The lowest BCUT2D eigenvalue weighted by Gasteiger charge is -2.38. The molecule has 0 radical (unpaired) electrons. The lowest BCUT2D eigenvalue weighted by Crippen LogP contribution is -2.55. The Morgan fingerprint density at radius 2 is 2.24 bits per heavy atom. The van der Waals surface area contributed by atoms with E-state index in [4.69, 9.17) is 17.3 Å². The van der Waals surface area contributed by atoms with Crippen molar-refractivity contribution in [3.05, 3.63) is 34.6 Å². The van der Waals surface area contributed by atoms with Gasteiger partial charge < -0.3 is 11.1 Å². The first-order valence-electron chi connectivity index (χ1n) is 5.53. The molecular formula is C12H14ClFN2O. The maximum absolute atomic E-state index is 13.4. The molecule has 5 heteroatoms. The number of amides is 1. The van der Waals surface area contributed by atoms with Crippen molar-refractivity contribution >= 4 is 17.5 Å². The van der Waals surface area contributed by atoms with E-state index in [0.29, 0.717) is 6.54 Å². The highest BCUT2D eigenvalue weighted by Crippen LogP contribution is 2.28. The second-order valence-electron chi connectivity index (χ2n) is 4.50. The minimum atomic E-state index is -0.616. The van der Waals surface area contributed by atoms with Crippen LogP contribution in [0.25, 0.3) is 0 Å². The molecule has 0 unspecified atom stereocenters. The van der Waals surface area contributed by atoms with Crippen LogP contribution in [0, 0.1) is 5.82 Å². The van der Waals surface area contributed by atoms with E-state index in [2.05, 4.69) is 5.32 Å². The summed E-state index contributed by atoms with van der Waals surface area (Å²) in [5.41, 5.74) is 5.52. The van der Waals surface area contributed by atoms with Gasteiger partial charge in [-0.2, -0.15) is 0 Å². The molecule has 1 saturated carbocycles. The van der Waals surface area contributed by atoms with E-state index in [1.165, 1.54) is 18.2 Å². The molecule has 1 aromatic carbocycles. The number of halogens is 2. The summed E-state index contributed by atoms with van der Waals surface area (Å²) in [5.74, 6) is -1.13. The number of rotatable bonds is 3. The average molecular weight is 257 g/mol. The van der Waals surface area contributed by atoms with Crippen LogP contribution in [0.3, 0.4) is 0 Å². The highest BCUT2D eigenvalue weighted by Gasteiger charge is 2.33. The molecule has 0 heterocycles. The first-order chi connectivity index (χ1) is 8.02. The second kappa shape index (κ2) is 4.63. The summed E-state index contributed by atoms with van der Waals surface area (Å²) in [6.07, 6.45) is 2.85. The van der Waals surface area contributed by atoms with E-state index in [0.717, 1.165) is 19.3 Å². The molecule has 0 atom stereocenters. The minimum Gasteiger partial charge on any atom is -0.350 e. The Hall–Kier alpha value is -1.13. The predicted molar refractivity (Wildman–Crippen MR) is 64.5 cm³/mol. The Labute approximate surface area is 104 Å². The molecule has 0 aromatic heterocycles. The van der Waals surface area contributed by atoms with Gasteiger partial charge in [0.1, 0.15) is 5.82 Å². The van der Waals surface area contributed by atoms with E-state index in [1.54, 1.807) is 0 Å². The topological polar surface area (TPSA) is 55.1 Å². The van der Waals surface area contributed by atoms with Gasteiger partial charge in [-0.05, 0) is 31.4 Å². The highest BCUT2D eigenvalue weighted by atomic mass is 35.5. The van der Waals surface area contributed by atoms with Gasteiger partial charge >= 0.3 is 0 Å². The SMILES string of the molecule is NC1(CNC(=O)c2c(F)cccc2Cl)CCC1. The average Bonchev–Trinajstić information content (AvgIpc) is 2.23. The minimum absolute atomic E-state index is 0.113. The fraction of sp³-hybridized carbons (Fsp3) is 0.417. The summed E-state index contributed by atoms with van der Waals surface area (Å²) < 4.78 is 13.4. The van der Waals surface area contributed by atoms with E-state index in [1.807, 2.05) is 0 Å². The third-order valence-electron chi connectivity index (χ3n) is 3.14. The van der Waals surface area contributed by atoms with Crippen molar-refractivity contribution in [1.29, 1.82) is 0 Å². The van der Waals surface area contributed by atoms with Crippen LogP contribution in [0.5, 0.6) is 0 Å². The summed E-state index contributed by atoms with van der Waals surface area (Å²) in [5, 5.41) is 2.75. The monoisotopic (exact) mass is 256 g/mol. The van der Waals surface area contributed by atoms with Gasteiger partial charge in [0.2, 0.25) is 0 Å². The van der Waals surface area contributed by atoms with Crippen molar-refractivity contribution in [2.75, 3.05) is 6.54 Å². The maximum atomic E-state index is 13.4. The van der Waals surface area contributed by atoms with Crippen molar-refractivity contribution < 1.29 is 9.18 Å². The Balaban J connectivity index is 2.04. The standard InChI is InChI=1S/C12H14ClFN2O/c13-8-3-1-4-9(14)10(8)11(17)16-7-12(15)5-2-6-12/h1,3-4H,2,5-7,15H2,(H,16,17). The van der Waals surface area contributed by atoms with E-state index >= 15 is 0 Å². The van der Waals surface area contributed by atoms with Crippen molar-refractivity contribution in [2.45, 2.75) is 24.8 Å². The van der Waals surface area contributed by atoms with Gasteiger partial charge in [-0.25, -0.2) is 4.39 Å². The molecule has 0 bridgehead atoms. The lowest BCUT2D eigenvalue weighted by atomic mass is 9.78. The molecule has 0 saturated heterocycles. The van der Waals surface area contributed by atoms with E-state index in [9.17, 15) is 9.18 Å². The molecule has 1 aromatic rings. The molecule has 92 valence electrons. The van der Waals surface area contributed by atoms with Crippen LogP contribution in [-0.2, 0) is 0 Å². The Bertz CT molecular complexity index is 426. The molecule has 3 nitrogen and oxygen atoms in total. The summed E-state index contributed by atoms with van der Waals surface area (Å²) in [7, 11) is 0. The predicted octanol–water partition coefficient (Wildman–Crippen LogP) is 2.09. The third-order valence-corrected chi connectivity index (χ3v) is 3.46. The zero-order valence-corrected chi connectivity index (χ0v) is 10.1. The molecule has 17 heavy (non-hydrogen) atoms. The van der Waals surface area contributed by atoms with Crippen LogP contribution in [-0.4, -0.2) is 18.0 Å². The Kier molecular flexibility index (Phi) is 3.35. The summed E-state index contributed by atoms with van der Waals surface area (Å²) in [6, 6.07) is 4.16. The van der Waals surface area contributed by atoms with Crippen LogP contribution in [0.4, 0.5) is 4.39 Å². The van der Waals surface area contributed by atoms with Crippen molar-refractivity contribution in [3.63, 3.8) is 0 Å². The number of nitrogens with one attached hydrogen (secondary N) is 1. The van der Waals surface area contributed by atoms with Gasteiger partial charge in [0.25, 0.3) is 5.91 Å². The van der Waals surface area contributed by atoms with Crippen molar-refractivity contribution in [3.8, 4) is 0 Å². The van der Waals surface area contributed by atoms with Crippen LogP contribution >= 0.6 is 11.6 Å². The summed E-state index contributed by atoms with van der Waals surface area (Å²) in [4.78, 5) is 11.8. The number of hydrogen-bond acceptors (Lipinski definition) is 2. The molecule has 0 spiro atoms. The highest BCUT2D eigenvalue weighted by molar-refractivity contribution is 6.33. The van der Waals surface area contributed by atoms with Crippen LogP contribution in [0.2, 0.25) is 5.02 Å². The van der Waals surface area contributed by atoms with Crippen LogP contribution in [0.15, 0.2) is 18.2 Å². The number of hydrogen-bond donors (Lipinski definition) is 2. The molecule has 1 aliphatic carbocycles. The first kappa shape index (κ1) is 12.3. The Morgan fingerprint density at radius 3 is 2.76 bits per heavy atom. The number of benzene rings is 1. The zero-order chi connectivity index (χ0) is 12.5. The summed E-state index contributed by atoms with van der Waals surface area (Å²) in [6.45, 7) is 0.358. The van der Waals surface area contributed by atoms with E-state index in [-0.39, 0.29) is 16.1 Å². The molecule has 2 rings (SSSR count). The quantitative estimate of drug-likeness (QED) is 0.870. The van der Waals surface area contributed by atoms with Gasteiger partial charge in [0.15, 0.2) is 0 Å². The van der Waals surface area contributed by atoms with Gasteiger partial charge in [-0.3, -0.25) is 4.79 Å². The fourth-order valence-corrected chi connectivity index (χ4v) is 2.12. The molecule has 3 N–H and O–H groups in total. The maximum Gasteiger partial charge on any atom is 0.255 e. The molecule has 1 aliphatic rings. The third kappa shape index (κ3) is 2.58. The van der Waals surface area contributed by atoms with Crippen LogP contribution < -0.4 is 11.1 Å². The molecule has 1 fully saturated rings. The Morgan fingerprint density at radius 1 is 1.53 bits per heavy atom. The number of nitrogens with two attached hydrogens (primary N) is 1. The van der Waals surface area contributed by atoms with E-state index < -0.39 is 11.7 Å². The molecular weight excluding hydrogens is 243 g/mol.